The van der Waals surface area contributed by atoms with E-state index in [1.54, 1.807) is 0 Å². The number of fused-ring (bicyclic) bond motifs is 1. The molecule has 74 valence electrons. The van der Waals surface area contributed by atoms with Crippen LogP contribution in [0, 0.1) is 3.70 Å². The van der Waals surface area contributed by atoms with Crippen molar-refractivity contribution >= 4 is 39.8 Å². The van der Waals surface area contributed by atoms with Gasteiger partial charge in [0.05, 0.1) is 5.69 Å². The van der Waals surface area contributed by atoms with Gasteiger partial charge in [-0.3, -0.25) is 4.40 Å². The van der Waals surface area contributed by atoms with Crippen molar-refractivity contribution in [2.45, 2.75) is 19.8 Å². The van der Waals surface area contributed by atoms with E-state index in [1.165, 1.54) is 0 Å². The van der Waals surface area contributed by atoms with Gasteiger partial charge < -0.3 is 0 Å². The molecule has 2 nitrogen and oxygen atoms in total. The Balaban J connectivity index is 2.81. The minimum absolute atomic E-state index is 0.429. The summed E-state index contributed by atoms with van der Waals surface area (Å²) in [7, 11) is 0. The molecule has 14 heavy (non-hydrogen) atoms. The van der Waals surface area contributed by atoms with Crippen LogP contribution in [0.2, 0.25) is 5.15 Å². The first-order valence-corrected chi connectivity index (χ1v) is 5.89. The SMILES string of the molecule is CC(C)c1nc2cccc(Cl)n2c1I. The van der Waals surface area contributed by atoms with Crippen LogP contribution in [-0.2, 0) is 0 Å². The summed E-state index contributed by atoms with van der Waals surface area (Å²) in [5.74, 6) is 0.429. The maximum absolute atomic E-state index is 6.10. The molecule has 0 fully saturated rings. The maximum Gasteiger partial charge on any atom is 0.139 e. The highest BCUT2D eigenvalue weighted by atomic mass is 127. The minimum Gasteiger partial charge on any atom is -0.277 e. The van der Waals surface area contributed by atoms with E-state index in [0.29, 0.717) is 11.1 Å². The molecule has 0 aliphatic rings. The topological polar surface area (TPSA) is 17.3 Å². The molecule has 0 spiro atoms. The highest BCUT2D eigenvalue weighted by Gasteiger charge is 2.13. The van der Waals surface area contributed by atoms with Gasteiger partial charge in [-0.25, -0.2) is 4.98 Å². The van der Waals surface area contributed by atoms with E-state index in [9.17, 15) is 0 Å². The van der Waals surface area contributed by atoms with Crippen LogP contribution in [0.15, 0.2) is 18.2 Å². The monoisotopic (exact) mass is 320 g/mol. The molecule has 4 heteroatoms. The second-order valence-corrected chi connectivity index (χ2v) is 4.89. The molecule has 0 atom stereocenters. The van der Waals surface area contributed by atoms with Crippen molar-refractivity contribution in [2.75, 3.05) is 0 Å². The number of imidazole rings is 1. The highest BCUT2D eigenvalue weighted by Crippen LogP contribution is 2.25. The smallest absolute Gasteiger partial charge is 0.139 e. The molecular formula is C10H10ClIN2. The molecule has 2 rings (SSSR count). The van der Waals surface area contributed by atoms with Crippen LogP contribution in [0.25, 0.3) is 5.65 Å². The van der Waals surface area contributed by atoms with Gasteiger partial charge in [-0.15, -0.1) is 0 Å². The van der Waals surface area contributed by atoms with Crippen molar-refractivity contribution < 1.29 is 0 Å². The average molecular weight is 321 g/mol. The van der Waals surface area contributed by atoms with Crippen LogP contribution in [0.3, 0.4) is 0 Å². The Morgan fingerprint density at radius 2 is 2.14 bits per heavy atom. The lowest BCUT2D eigenvalue weighted by molar-refractivity contribution is 0.825. The fourth-order valence-electron chi connectivity index (χ4n) is 1.41. The van der Waals surface area contributed by atoms with Gasteiger partial charge in [0.2, 0.25) is 0 Å². The third-order valence-electron chi connectivity index (χ3n) is 2.11. The maximum atomic E-state index is 6.10. The summed E-state index contributed by atoms with van der Waals surface area (Å²) in [5.41, 5.74) is 2.03. The first-order chi connectivity index (χ1) is 6.61. The minimum atomic E-state index is 0.429. The second kappa shape index (κ2) is 3.70. The lowest BCUT2D eigenvalue weighted by Crippen LogP contribution is -1.92. The van der Waals surface area contributed by atoms with Crippen LogP contribution in [-0.4, -0.2) is 9.38 Å². The van der Waals surface area contributed by atoms with E-state index in [-0.39, 0.29) is 0 Å². The molecule has 2 aromatic rings. The summed E-state index contributed by atoms with van der Waals surface area (Å²) < 4.78 is 3.08. The van der Waals surface area contributed by atoms with Gasteiger partial charge in [0, 0.05) is 0 Å². The van der Waals surface area contributed by atoms with Crippen LogP contribution in [0.4, 0.5) is 0 Å². The summed E-state index contributed by atoms with van der Waals surface area (Å²) in [5, 5.41) is 0.714. The van der Waals surface area contributed by atoms with Crippen molar-refractivity contribution in [3.8, 4) is 0 Å². The molecule has 2 aromatic heterocycles. The standard InChI is InChI=1S/C10H10ClIN2/c1-6(2)9-10(12)14-7(11)4-3-5-8(14)13-9/h3-6H,1-2H3. The first kappa shape index (κ1) is 10.2. The Hall–Kier alpha value is -0.290. The van der Waals surface area contributed by atoms with Gasteiger partial charge in [-0.05, 0) is 40.6 Å². The molecule has 0 aliphatic heterocycles. The quantitative estimate of drug-likeness (QED) is 0.578. The van der Waals surface area contributed by atoms with Gasteiger partial charge in [0.25, 0.3) is 0 Å². The van der Waals surface area contributed by atoms with E-state index in [2.05, 4.69) is 41.4 Å². The van der Waals surface area contributed by atoms with Crippen LogP contribution >= 0.6 is 34.2 Å². The van der Waals surface area contributed by atoms with E-state index >= 15 is 0 Å². The third kappa shape index (κ3) is 1.52. The number of pyridine rings is 1. The van der Waals surface area contributed by atoms with E-state index in [4.69, 9.17) is 11.6 Å². The number of rotatable bonds is 1. The number of nitrogens with zero attached hydrogens (tertiary/aromatic N) is 2. The molecule has 0 saturated carbocycles. The number of hydrogen-bond acceptors (Lipinski definition) is 1. The number of hydrogen-bond donors (Lipinski definition) is 0. The van der Waals surface area contributed by atoms with Crippen LogP contribution in [0.1, 0.15) is 25.5 Å². The summed E-state index contributed by atoms with van der Waals surface area (Å²) >= 11 is 8.39. The molecule has 0 bridgehead atoms. The van der Waals surface area contributed by atoms with Crippen LogP contribution < -0.4 is 0 Å². The second-order valence-electron chi connectivity index (χ2n) is 3.48. The molecular weight excluding hydrogens is 310 g/mol. The van der Waals surface area contributed by atoms with Crippen molar-refractivity contribution in [3.05, 3.63) is 32.7 Å². The predicted molar refractivity (Wildman–Crippen MR) is 67.0 cm³/mol. The summed E-state index contributed by atoms with van der Waals surface area (Å²) in [6.07, 6.45) is 0. The highest BCUT2D eigenvalue weighted by molar-refractivity contribution is 14.1. The summed E-state index contributed by atoms with van der Waals surface area (Å²) in [6.45, 7) is 4.27. The van der Waals surface area contributed by atoms with Crippen molar-refractivity contribution in [1.82, 2.24) is 9.38 Å². The number of halogens is 2. The third-order valence-corrected chi connectivity index (χ3v) is 3.44. The Bertz CT molecular complexity index is 476. The fourth-order valence-corrected chi connectivity index (χ4v) is 3.04. The Kier molecular flexibility index (Phi) is 2.70. The molecule has 0 unspecified atom stereocenters. The fraction of sp³-hybridized carbons (Fsp3) is 0.300. The predicted octanol–water partition coefficient (Wildman–Crippen LogP) is 3.72. The zero-order valence-corrected chi connectivity index (χ0v) is 10.9. The van der Waals surface area contributed by atoms with Gasteiger partial charge in [0.1, 0.15) is 14.5 Å². The molecule has 2 heterocycles. The Morgan fingerprint density at radius 1 is 1.43 bits per heavy atom. The average Bonchev–Trinajstić information content (AvgIpc) is 2.45. The molecule has 0 N–H and O–H groups in total. The summed E-state index contributed by atoms with van der Waals surface area (Å²) in [4.78, 5) is 4.54. The van der Waals surface area contributed by atoms with Gasteiger partial charge in [0.15, 0.2) is 0 Å². The van der Waals surface area contributed by atoms with E-state index < -0.39 is 0 Å². The lowest BCUT2D eigenvalue weighted by atomic mass is 10.2. The molecule has 0 aromatic carbocycles. The zero-order valence-electron chi connectivity index (χ0n) is 7.96. The molecule has 0 amide bonds. The Morgan fingerprint density at radius 3 is 2.71 bits per heavy atom. The van der Waals surface area contributed by atoms with Crippen LogP contribution in [0.5, 0.6) is 0 Å². The molecule has 0 aliphatic carbocycles. The molecule has 0 saturated heterocycles. The largest absolute Gasteiger partial charge is 0.277 e. The van der Waals surface area contributed by atoms with Gasteiger partial charge in [-0.1, -0.05) is 31.5 Å². The van der Waals surface area contributed by atoms with Crippen molar-refractivity contribution in [1.29, 1.82) is 0 Å². The lowest BCUT2D eigenvalue weighted by Gasteiger charge is -2.00. The summed E-state index contributed by atoms with van der Waals surface area (Å²) in [6, 6.07) is 5.77. The normalized spacial score (nSPS) is 11.5. The van der Waals surface area contributed by atoms with Gasteiger partial charge in [-0.2, -0.15) is 0 Å². The Labute approximate surface area is 101 Å². The van der Waals surface area contributed by atoms with E-state index in [0.717, 1.165) is 15.0 Å². The van der Waals surface area contributed by atoms with Gasteiger partial charge >= 0.3 is 0 Å². The first-order valence-electron chi connectivity index (χ1n) is 4.43. The molecule has 0 radical (unpaired) electrons. The van der Waals surface area contributed by atoms with Crippen molar-refractivity contribution in [3.63, 3.8) is 0 Å². The number of aromatic nitrogens is 2. The van der Waals surface area contributed by atoms with E-state index in [1.807, 2.05) is 22.6 Å². The van der Waals surface area contributed by atoms with Crippen molar-refractivity contribution in [2.24, 2.45) is 0 Å². The zero-order chi connectivity index (χ0) is 10.3.